The summed E-state index contributed by atoms with van der Waals surface area (Å²) in [6, 6.07) is 0.583. The quantitative estimate of drug-likeness (QED) is 0.648. The third-order valence-electron chi connectivity index (χ3n) is 3.51. The second-order valence-corrected chi connectivity index (χ2v) is 4.97. The van der Waals surface area contributed by atoms with Gasteiger partial charge in [0.15, 0.2) is 0 Å². The summed E-state index contributed by atoms with van der Waals surface area (Å²) in [6.45, 7) is 6.98. The highest BCUT2D eigenvalue weighted by Gasteiger charge is 2.34. The minimum atomic E-state index is -0.0704. The number of rotatable bonds is 8. The molecule has 1 heterocycles. The summed E-state index contributed by atoms with van der Waals surface area (Å²) >= 11 is 0. The molecule has 1 N–H and O–H groups in total. The summed E-state index contributed by atoms with van der Waals surface area (Å²) in [5.41, 5.74) is -0.0704. The molecular formula is C13H27NO2. The molecule has 1 rings (SSSR count). The van der Waals surface area contributed by atoms with Crippen LogP contribution >= 0.6 is 0 Å². The molecule has 1 saturated heterocycles. The molecular weight excluding hydrogens is 202 g/mol. The highest BCUT2D eigenvalue weighted by atomic mass is 16.5. The van der Waals surface area contributed by atoms with Crippen LogP contribution in [-0.4, -0.2) is 38.5 Å². The first-order valence-corrected chi connectivity index (χ1v) is 6.59. The van der Waals surface area contributed by atoms with Gasteiger partial charge in [-0.1, -0.05) is 26.2 Å². The van der Waals surface area contributed by atoms with Crippen LogP contribution in [0.3, 0.4) is 0 Å². The number of hydrogen-bond donors (Lipinski definition) is 1. The van der Waals surface area contributed by atoms with Gasteiger partial charge in [-0.15, -0.1) is 0 Å². The number of methoxy groups -OCH3 is 1. The lowest BCUT2D eigenvalue weighted by Gasteiger charge is -2.28. The van der Waals surface area contributed by atoms with E-state index >= 15 is 0 Å². The zero-order valence-corrected chi connectivity index (χ0v) is 11.1. The Bertz CT molecular complexity index is 179. The van der Waals surface area contributed by atoms with E-state index in [9.17, 15) is 0 Å². The van der Waals surface area contributed by atoms with Crippen LogP contribution in [0, 0.1) is 0 Å². The van der Waals surface area contributed by atoms with Crippen molar-refractivity contribution < 1.29 is 9.47 Å². The fraction of sp³-hybridized carbons (Fsp3) is 1.00. The van der Waals surface area contributed by atoms with Crippen LogP contribution in [0.25, 0.3) is 0 Å². The van der Waals surface area contributed by atoms with E-state index in [1.54, 1.807) is 7.11 Å². The molecule has 1 fully saturated rings. The van der Waals surface area contributed by atoms with E-state index in [-0.39, 0.29) is 5.60 Å². The van der Waals surface area contributed by atoms with Gasteiger partial charge in [0.25, 0.3) is 0 Å². The summed E-state index contributed by atoms with van der Waals surface area (Å²) in [5, 5.41) is 3.57. The van der Waals surface area contributed by atoms with E-state index in [1.165, 1.54) is 25.7 Å². The molecule has 0 radical (unpaired) electrons. The lowest BCUT2D eigenvalue weighted by atomic mass is 10.0. The molecule has 0 saturated carbocycles. The minimum Gasteiger partial charge on any atom is -0.378 e. The van der Waals surface area contributed by atoms with Crippen molar-refractivity contribution in [1.82, 2.24) is 5.32 Å². The number of nitrogens with one attached hydrogen (secondary N) is 1. The summed E-state index contributed by atoms with van der Waals surface area (Å²) < 4.78 is 11.0. The molecule has 0 spiro atoms. The monoisotopic (exact) mass is 229 g/mol. The van der Waals surface area contributed by atoms with Crippen LogP contribution in [0.2, 0.25) is 0 Å². The van der Waals surface area contributed by atoms with Crippen LogP contribution in [0.4, 0.5) is 0 Å². The third kappa shape index (κ3) is 4.40. The second-order valence-electron chi connectivity index (χ2n) is 4.97. The molecule has 2 atom stereocenters. The van der Waals surface area contributed by atoms with Crippen molar-refractivity contribution in [2.75, 3.05) is 26.9 Å². The molecule has 0 bridgehead atoms. The molecule has 3 nitrogen and oxygen atoms in total. The van der Waals surface area contributed by atoms with Crippen molar-refractivity contribution in [2.24, 2.45) is 0 Å². The Morgan fingerprint density at radius 3 is 2.81 bits per heavy atom. The summed E-state index contributed by atoms with van der Waals surface area (Å²) in [7, 11) is 1.79. The Morgan fingerprint density at radius 1 is 1.44 bits per heavy atom. The molecule has 0 aromatic heterocycles. The standard InChI is InChI=1S/C13H27NO2/c1-4-5-6-7-12(2)14-10-13(15-3)8-9-16-11-13/h12,14H,4-11H2,1-3H3. The average Bonchev–Trinajstić information content (AvgIpc) is 2.76. The fourth-order valence-electron chi connectivity index (χ4n) is 2.12. The molecule has 16 heavy (non-hydrogen) atoms. The van der Waals surface area contributed by atoms with Crippen LogP contribution in [-0.2, 0) is 9.47 Å². The van der Waals surface area contributed by atoms with Gasteiger partial charge in [-0.3, -0.25) is 0 Å². The first kappa shape index (κ1) is 13.9. The topological polar surface area (TPSA) is 30.5 Å². The molecule has 0 aromatic rings. The average molecular weight is 229 g/mol. The van der Waals surface area contributed by atoms with Gasteiger partial charge in [0.2, 0.25) is 0 Å². The Kier molecular flexibility index (Phi) is 6.32. The Balaban J connectivity index is 2.16. The van der Waals surface area contributed by atoms with Gasteiger partial charge in [0.05, 0.1) is 6.61 Å². The van der Waals surface area contributed by atoms with Crippen molar-refractivity contribution >= 4 is 0 Å². The largest absolute Gasteiger partial charge is 0.378 e. The van der Waals surface area contributed by atoms with Crippen molar-refractivity contribution in [2.45, 2.75) is 57.6 Å². The molecule has 2 unspecified atom stereocenters. The SMILES string of the molecule is CCCCCC(C)NCC1(OC)CCOC1. The molecule has 96 valence electrons. The van der Waals surface area contributed by atoms with E-state index in [1.807, 2.05) is 0 Å². The summed E-state index contributed by atoms with van der Waals surface area (Å²) in [6.07, 6.45) is 6.22. The van der Waals surface area contributed by atoms with Gasteiger partial charge < -0.3 is 14.8 Å². The second kappa shape index (κ2) is 7.25. The predicted octanol–water partition coefficient (Wildman–Crippen LogP) is 2.35. The van der Waals surface area contributed by atoms with Crippen LogP contribution in [0.15, 0.2) is 0 Å². The van der Waals surface area contributed by atoms with Crippen LogP contribution in [0.5, 0.6) is 0 Å². The summed E-state index contributed by atoms with van der Waals surface area (Å²) in [4.78, 5) is 0. The lowest BCUT2D eigenvalue weighted by Crippen LogP contribution is -2.45. The number of ether oxygens (including phenoxy) is 2. The van der Waals surface area contributed by atoms with Crippen LogP contribution in [0.1, 0.15) is 46.0 Å². The number of hydrogen-bond acceptors (Lipinski definition) is 3. The smallest absolute Gasteiger partial charge is 0.106 e. The first-order chi connectivity index (χ1) is 7.72. The van der Waals surface area contributed by atoms with Gasteiger partial charge in [-0.2, -0.15) is 0 Å². The third-order valence-corrected chi connectivity index (χ3v) is 3.51. The van der Waals surface area contributed by atoms with Gasteiger partial charge >= 0.3 is 0 Å². The van der Waals surface area contributed by atoms with Crippen molar-refractivity contribution in [3.8, 4) is 0 Å². The maximum absolute atomic E-state index is 5.59. The van der Waals surface area contributed by atoms with Gasteiger partial charge in [-0.05, 0) is 13.3 Å². The molecule has 0 amide bonds. The fourth-order valence-corrected chi connectivity index (χ4v) is 2.12. The van der Waals surface area contributed by atoms with E-state index in [2.05, 4.69) is 19.2 Å². The highest BCUT2D eigenvalue weighted by Crippen LogP contribution is 2.21. The van der Waals surface area contributed by atoms with Crippen molar-refractivity contribution in [1.29, 1.82) is 0 Å². The highest BCUT2D eigenvalue weighted by molar-refractivity contribution is 4.87. The van der Waals surface area contributed by atoms with E-state index in [0.29, 0.717) is 6.04 Å². The zero-order chi connectivity index (χ0) is 11.9. The van der Waals surface area contributed by atoms with E-state index in [4.69, 9.17) is 9.47 Å². The Morgan fingerprint density at radius 2 is 2.25 bits per heavy atom. The van der Waals surface area contributed by atoms with E-state index in [0.717, 1.165) is 26.2 Å². The normalized spacial score (nSPS) is 27.2. The molecule has 0 aliphatic carbocycles. The maximum atomic E-state index is 5.59. The maximum Gasteiger partial charge on any atom is 0.106 e. The number of unbranched alkanes of at least 4 members (excludes halogenated alkanes) is 2. The molecule has 1 aliphatic rings. The molecule has 0 aromatic carbocycles. The van der Waals surface area contributed by atoms with Gasteiger partial charge in [-0.25, -0.2) is 0 Å². The zero-order valence-electron chi connectivity index (χ0n) is 11.1. The van der Waals surface area contributed by atoms with Crippen molar-refractivity contribution in [3.63, 3.8) is 0 Å². The van der Waals surface area contributed by atoms with Gasteiger partial charge in [0.1, 0.15) is 5.60 Å². The Hall–Kier alpha value is -0.120. The lowest BCUT2D eigenvalue weighted by molar-refractivity contribution is -0.0173. The minimum absolute atomic E-state index is 0.0704. The van der Waals surface area contributed by atoms with E-state index < -0.39 is 0 Å². The molecule has 3 heteroatoms. The first-order valence-electron chi connectivity index (χ1n) is 6.59. The van der Waals surface area contributed by atoms with Crippen LogP contribution < -0.4 is 5.32 Å². The summed E-state index contributed by atoms with van der Waals surface area (Å²) in [5.74, 6) is 0. The van der Waals surface area contributed by atoms with Gasteiger partial charge in [0, 0.05) is 32.7 Å². The predicted molar refractivity (Wildman–Crippen MR) is 66.8 cm³/mol. The van der Waals surface area contributed by atoms with Crippen molar-refractivity contribution in [3.05, 3.63) is 0 Å². The Labute approximate surface area is 99.9 Å². The molecule has 1 aliphatic heterocycles.